The van der Waals surface area contributed by atoms with E-state index in [2.05, 4.69) is 33.0 Å². The summed E-state index contributed by atoms with van der Waals surface area (Å²) in [5, 5.41) is 9.70. The van der Waals surface area contributed by atoms with Crippen molar-refractivity contribution in [3.63, 3.8) is 0 Å². The van der Waals surface area contributed by atoms with Crippen LogP contribution in [0.5, 0.6) is 0 Å². The van der Waals surface area contributed by atoms with Gasteiger partial charge in [-0.15, -0.1) is 0 Å². The number of amides is 1. The second-order valence-corrected chi connectivity index (χ2v) is 11.7. The summed E-state index contributed by atoms with van der Waals surface area (Å²) in [5.41, 5.74) is 1.40. The molecule has 0 spiro atoms. The fourth-order valence-corrected chi connectivity index (χ4v) is 5.93. The molecule has 2 atom stereocenters. The van der Waals surface area contributed by atoms with Gasteiger partial charge in [-0.25, -0.2) is 4.39 Å². The highest BCUT2D eigenvalue weighted by molar-refractivity contribution is 6.04. The average Bonchev–Trinajstić information content (AvgIpc) is 3.51. The van der Waals surface area contributed by atoms with Gasteiger partial charge in [-0.1, -0.05) is 36.4 Å². The monoisotopic (exact) mass is 609 g/mol. The molecule has 234 valence electrons. The van der Waals surface area contributed by atoms with Crippen LogP contribution in [0.1, 0.15) is 72.9 Å². The molecule has 2 aliphatic heterocycles. The van der Waals surface area contributed by atoms with Crippen LogP contribution in [0.15, 0.2) is 83.0 Å². The van der Waals surface area contributed by atoms with Crippen LogP contribution >= 0.6 is 0 Å². The smallest absolute Gasteiger partial charge is 0.349 e. The van der Waals surface area contributed by atoms with Gasteiger partial charge in [0.2, 0.25) is 0 Å². The molecule has 2 aromatic rings. The maximum atomic E-state index is 14.5. The minimum atomic E-state index is -4.89. The number of halogens is 4. The lowest BCUT2D eigenvalue weighted by molar-refractivity contribution is -0.140. The average molecular weight is 610 g/mol. The second-order valence-electron chi connectivity index (χ2n) is 11.7. The van der Waals surface area contributed by atoms with Gasteiger partial charge in [0, 0.05) is 24.1 Å². The fourth-order valence-electron chi connectivity index (χ4n) is 5.93. The first-order valence-corrected chi connectivity index (χ1v) is 15.3. The van der Waals surface area contributed by atoms with Crippen molar-refractivity contribution in [2.24, 2.45) is 4.99 Å². The number of alkyl halides is 3. The summed E-state index contributed by atoms with van der Waals surface area (Å²) in [6, 6.07) is 9.86. The number of allylic oxidation sites excluding steroid dienone is 5. The lowest BCUT2D eigenvalue weighted by atomic mass is 9.86. The molecule has 0 aromatic heterocycles. The van der Waals surface area contributed by atoms with Gasteiger partial charge >= 0.3 is 6.18 Å². The van der Waals surface area contributed by atoms with Gasteiger partial charge in [0.15, 0.2) is 5.79 Å². The molecule has 10 heteroatoms. The van der Waals surface area contributed by atoms with E-state index in [9.17, 15) is 22.4 Å². The normalized spacial score (nSPS) is 24.0. The number of hydrogen-bond donors (Lipinski definition) is 3. The Bertz CT molecular complexity index is 1440. The van der Waals surface area contributed by atoms with E-state index in [-0.39, 0.29) is 5.92 Å². The minimum absolute atomic E-state index is 0.160. The van der Waals surface area contributed by atoms with Crippen LogP contribution in [0.25, 0.3) is 0 Å². The van der Waals surface area contributed by atoms with Crippen LogP contribution in [-0.2, 0) is 6.18 Å². The molecule has 1 fully saturated rings. The van der Waals surface area contributed by atoms with E-state index in [1.165, 1.54) is 25.9 Å². The van der Waals surface area contributed by atoms with Crippen molar-refractivity contribution < 1.29 is 22.4 Å². The van der Waals surface area contributed by atoms with Crippen molar-refractivity contribution in [2.45, 2.75) is 63.3 Å². The standard InChI is InChI=1S/C34H39F4N5O/c1-33(39-18-9-21-43-19-6-7-20-43)40-23-26-22-25(10-4-2-3-5-13-30(26)42-33)24-14-16-27(17-15-24)41-32(44)28-11-8-12-29(31(28)35)34(36,37)38/h2-3,5,8,11-17,23,25,39,42H,4,6-7,9-10,18-22H2,1H3,(H,41,44)/b3-2-,13-5+. The number of rotatable bonds is 8. The number of nitrogens with one attached hydrogen (secondary N) is 3. The summed E-state index contributed by atoms with van der Waals surface area (Å²) in [5.74, 6) is -2.97. The molecular formula is C34H39F4N5O. The van der Waals surface area contributed by atoms with E-state index in [0.717, 1.165) is 67.7 Å². The molecule has 2 aromatic carbocycles. The molecule has 1 aliphatic carbocycles. The molecular weight excluding hydrogens is 570 g/mol. The van der Waals surface area contributed by atoms with Crippen molar-refractivity contribution in [3.05, 3.63) is 101 Å². The number of carbonyl (C=O) groups excluding carboxylic acids is 1. The summed E-state index contributed by atoms with van der Waals surface area (Å²) in [4.78, 5) is 20.0. The third kappa shape index (κ3) is 8.04. The Labute approximate surface area is 256 Å². The Balaban J connectivity index is 1.24. The zero-order chi connectivity index (χ0) is 31.2. The summed E-state index contributed by atoms with van der Waals surface area (Å²) in [6.07, 6.45) is 11.5. The highest BCUT2D eigenvalue weighted by Gasteiger charge is 2.35. The summed E-state index contributed by atoms with van der Waals surface area (Å²) in [6.45, 7) is 6.38. The van der Waals surface area contributed by atoms with E-state index in [1.807, 2.05) is 37.4 Å². The largest absolute Gasteiger partial charge is 0.419 e. The van der Waals surface area contributed by atoms with Gasteiger partial charge in [0.25, 0.3) is 5.91 Å². The predicted molar refractivity (Wildman–Crippen MR) is 166 cm³/mol. The number of aliphatic imine (C=N–C) groups is 1. The van der Waals surface area contributed by atoms with E-state index >= 15 is 0 Å². The van der Waals surface area contributed by atoms with Gasteiger partial charge in [-0.2, -0.15) is 13.2 Å². The third-order valence-electron chi connectivity index (χ3n) is 8.37. The second kappa shape index (κ2) is 13.9. The van der Waals surface area contributed by atoms with E-state index in [0.29, 0.717) is 11.8 Å². The van der Waals surface area contributed by atoms with Crippen LogP contribution in [0.2, 0.25) is 0 Å². The summed E-state index contributed by atoms with van der Waals surface area (Å²) >= 11 is 0. The molecule has 0 radical (unpaired) electrons. The van der Waals surface area contributed by atoms with Crippen molar-refractivity contribution >= 4 is 17.8 Å². The molecule has 5 rings (SSSR count). The molecule has 2 heterocycles. The van der Waals surface area contributed by atoms with Crippen LogP contribution in [0.4, 0.5) is 23.2 Å². The SMILES string of the molecule is CC1(NCCCN2CCCC2)N=CC2=C(/C=C/C=C\CCC(c3ccc(NC(=O)c4cccc(C(F)(F)F)c4F)cc3)C2)N1. The maximum absolute atomic E-state index is 14.5. The summed E-state index contributed by atoms with van der Waals surface area (Å²) in [7, 11) is 0. The van der Waals surface area contributed by atoms with Gasteiger partial charge < -0.3 is 15.5 Å². The lowest BCUT2D eigenvalue weighted by Crippen LogP contribution is -2.54. The number of hydrogen-bond acceptors (Lipinski definition) is 5. The van der Waals surface area contributed by atoms with Crippen molar-refractivity contribution in [1.82, 2.24) is 15.5 Å². The van der Waals surface area contributed by atoms with E-state index in [1.54, 1.807) is 12.1 Å². The molecule has 6 nitrogen and oxygen atoms in total. The Hall–Kier alpha value is -3.76. The fraction of sp³-hybridized carbons (Fsp3) is 0.412. The van der Waals surface area contributed by atoms with Crippen LogP contribution in [0.3, 0.4) is 0 Å². The van der Waals surface area contributed by atoms with Gasteiger partial charge in [-0.3, -0.25) is 15.1 Å². The number of likely N-dealkylation sites (tertiary alicyclic amines) is 1. The predicted octanol–water partition coefficient (Wildman–Crippen LogP) is 7.15. The molecule has 2 unspecified atom stereocenters. The molecule has 44 heavy (non-hydrogen) atoms. The van der Waals surface area contributed by atoms with Gasteiger partial charge in [0.1, 0.15) is 5.82 Å². The van der Waals surface area contributed by atoms with Crippen molar-refractivity contribution in [2.75, 3.05) is 31.5 Å². The lowest BCUT2D eigenvalue weighted by Gasteiger charge is -2.34. The summed E-state index contributed by atoms with van der Waals surface area (Å²) < 4.78 is 53.8. The Kier molecular flexibility index (Phi) is 10.0. The Morgan fingerprint density at radius 2 is 1.89 bits per heavy atom. The van der Waals surface area contributed by atoms with Gasteiger partial charge in [0.05, 0.1) is 11.1 Å². The van der Waals surface area contributed by atoms with Gasteiger partial charge in [-0.05, 0) is 112 Å². The van der Waals surface area contributed by atoms with Crippen LogP contribution in [0, 0.1) is 5.82 Å². The number of nitrogens with zero attached hydrogens (tertiary/aromatic N) is 2. The molecule has 0 saturated carbocycles. The minimum Gasteiger partial charge on any atom is -0.349 e. The third-order valence-corrected chi connectivity index (χ3v) is 8.37. The molecule has 3 N–H and O–H groups in total. The quantitative estimate of drug-likeness (QED) is 0.220. The number of carbonyl (C=O) groups is 1. The molecule has 1 amide bonds. The first-order chi connectivity index (χ1) is 21.1. The van der Waals surface area contributed by atoms with Crippen molar-refractivity contribution in [1.29, 1.82) is 0 Å². The molecule has 3 aliphatic rings. The Morgan fingerprint density at radius 3 is 2.64 bits per heavy atom. The zero-order valence-corrected chi connectivity index (χ0v) is 24.9. The number of benzene rings is 2. The maximum Gasteiger partial charge on any atom is 0.419 e. The molecule has 1 saturated heterocycles. The van der Waals surface area contributed by atoms with Crippen molar-refractivity contribution in [3.8, 4) is 0 Å². The first-order valence-electron chi connectivity index (χ1n) is 15.3. The van der Waals surface area contributed by atoms with E-state index in [4.69, 9.17) is 4.99 Å². The van der Waals surface area contributed by atoms with E-state index < -0.39 is 34.8 Å². The highest BCUT2D eigenvalue weighted by Crippen LogP contribution is 2.34. The van der Waals surface area contributed by atoms with Crippen LogP contribution < -0.4 is 16.0 Å². The highest BCUT2D eigenvalue weighted by atomic mass is 19.4. The number of anilines is 1. The molecule has 0 bridgehead atoms. The van der Waals surface area contributed by atoms with Crippen LogP contribution in [-0.4, -0.2) is 49.0 Å². The first kappa shape index (κ1) is 31.7. The topological polar surface area (TPSA) is 68.8 Å². The zero-order valence-electron chi connectivity index (χ0n) is 24.9. The Morgan fingerprint density at radius 1 is 1.11 bits per heavy atom.